The number of hydrogen-bond donors (Lipinski definition) is 2. The van der Waals surface area contributed by atoms with E-state index in [4.69, 9.17) is 10.5 Å². The van der Waals surface area contributed by atoms with Crippen molar-refractivity contribution in [3.63, 3.8) is 0 Å². The number of carbonyl (C=O) groups excluding carboxylic acids is 3. The van der Waals surface area contributed by atoms with Crippen molar-refractivity contribution in [3.05, 3.63) is 69.9 Å². The van der Waals surface area contributed by atoms with Gasteiger partial charge < -0.3 is 10.5 Å². The van der Waals surface area contributed by atoms with Gasteiger partial charge in [-0.2, -0.15) is 0 Å². The predicted octanol–water partition coefficient (Wildman–Crippen LogP) is 3.52. The Labute approximate surface area is 183 Å². The molecule has 2 rings (SSSR count). The number of amides is 1. The number of halogens is 2. The number of esters is 2. The van der Waals surface area contributed by atoms with Crippen molar-refractivity contribution >= 4 is 33.8 Å². The molecule has 0 heterocycles. The monoisotopic (exact) mass is 478 g/mol. The van der Waals surface area contributed by atoms with Crippen molar-refractivity contribution in [2.24, 2.45) is 5.73 Å². The molecule has 160 valence electrons. The first-order valence-electron chi connectivity index (χ1n) is 9.38. The van der Waals surface area contributed by atoms with E-state index in [1.165, 1.54) is 24.3 Å². The van der Waals surface area contributed by atoms with Crippen LogP contribution in [0.5, 0.6) is 0 Å². The minimum Gasteiger partial charge on any atom is -0.388 e. The summed E-state index contributed by atoms with van der Waals surface area (Å²) in [7, 11) is 0. The van der Waals surface area contributed by atoms with Crippen LogP contribution in [0.25, 0.3) is 0 Å². The summed E-state index contributed by atoms with van der Waals surface area (Å²) in [5.74, 6) is -2.48. The molecule has 0 aliphatic carbocycles. The van der Waals surface area contributed by atoms with Crippen LogP contribution in [0.2, 0.25) is 0 Å². The Hall–Kier alpha value is -2.58. The average molecular weight is 479 g/mol. The summed E-state index contributed by atoms with van der Waals surface area (Å²) in [5, 5.41) is 3.14. The van der Waals surface area contributed by atoms with Crippen LogP contribution in [0.15, 0.2) is 53.0 Å². The van der Waals surface area contributed by atoms with Gasteiger partial charge in [0.2, 0.25) is 5.91 Å². The van der Waals surface area contributed by atoms with Crippen molar-refractivity contribution in [1.82, 2.24) is 5.32 Å². The number of carbonyl (C=O) groups is 3. The largest absolute Gasteiger partial charge is 0.388 e. The Kier molecular flexibility index (Phi) is 8.25. The lowest BCUT2D eigenvalue weighted by molar-refractivity contribution is -0.141. The second kappa shape index (κ2) is 10.4. The summed E-state index contributed by atoms with van der Waals surface area (Å²) in [5.41, 5.74) is 5.70. The number of nitrogens with one attached hydrogen (secondary N) is 1. The van der Waals surface area contributed by atoms with Crippen LogP contribution in [0.1, 0.15) is 42.6 Å². The van der Waals surface area contributed by atoms with Crippen LogP contribution in [0, 0.1) is 5.82 Å². The van der Waals surface area contributed by atoms with Gasteiger partial charge >= 0.3 is 11.9 Å². The number of rotatable bonds is 9. The molecule has 0 aliphatic heterocycles. The number of hydrogen-bond acceptors (Lipinski definition) is 5. The van der Waals surface area contributed by atoms with Gasteiger partial charge in [-0.15, -0.1) is 0 Å². The SMILES string of the molecule is CC(C)(Cc1ccc(F)cc1)N[C@@H](CCC(N)=O)C(=O)OC(=O)c1ccc(Br)cc1. The van der Waals surface area contributed by atoms with Crippen molar-refractivity contribution in [2.45, 2.75) is 44.7 Å². The van der Waals surface area contributed by atoms with Crippen LogP contribution in [0.3, 0.4) is 0 Å². The molecule has 1 amide bonds. The third-order valence-electron chi connectivity index (χ3n) is 4.36. The van der Waals surface area contributed by atoms with E-state index in [2.05, 4.69) is 21.2 Å². The lowest BCUT2D eigenvalue weighted by atomic mass is 9.93. The van der Waals surface area contributed by atoms with E-state index in [1.54, 1.807) is 24.3 Å². The quantitative estimate of drug-likeness (QED) is 0.424. The van der Waals surface area contributed by atoms with Gasteiger partial charge in [-0.1, -0.05) is 28.1 Å². The minimum atomic E-state index is -0.924. The summed E-state index contributed by atoms with van der Waals surface area (Å²) in [6, 6.07) is 11.5. The zero-order chi connectivity index (χ0) is 22.3. The molecule has 2 aromatic carbocycles. The van der Waals surface area contributed by atoms with Crippen LogP contribution in [-0.2, 0) is 20.7 Å². The van der Waals surface area contributed by atoms with Gasteiger partial charge in [0.15, 0.2) is 0 Å². The Morgan fingerprint density at radius 2 is 1.70 bits per heavy atom. The highest BCUT2D eigenvalue weighted by Crippen LogP contribution is 2.17. The summed E-state index contributed by atoms with van der Waals surface area (Å²) < 4.78 is 19.0. The second-order valence-electron chi connectivity index (χ2n) is 7.60. The topological polar surface area (TPSA) is 98.5 Å². The van der Waals surface area contributed by atoms with Crippen LogP contribution >= 0.6 is 15.9 Å². The molecule has 0 spiro atoms. The lowest BCUT2D eigenvalue weighted by Crippen LogP contribution is -2.51. The Bertz CT molecular complexity index is 898. The lowest BCUT2D eigenvalue weighted by Gasteiger charge is -2.31. The molecular weight excluding hydrogens is 455 g/mol. The van der Waals surface area contributed by atoms with E-state index in [1.807, 2.05) is 13.8 Å². The van der Waals surface area contributed by atoms with Gasteiger partial charge in [0, 0.05) is 16.4 Å². The van der Waals surface area contributed by atoms with Crippen LogP contribution < -0.4 is 11.1 Å². The number of primary amides is 1. The van der Waals surface area contributed by atoms with Gasteiger partial charge in [0.25, 0.3) is 0 Å². The molecule has 2 aromatic rings. The highest BCUT2D eigenvalue weighted by Gasteiger charge is 2.30. The third kappa shape index (κ3) is 7.68. The van der Waals surface area contributed by atoms with Crippen molar-refractivity contribution in [1.29, 1.82) is 0 Å². The van der Waals surface area contributed by atoms with Crippen molar-refractivity contribution in [2.75, 3.05) is 0 Å². The smallest absolute Gasteiger partial charge is 0.345 e. The molecule has 0 fully saturated rings. The number of benzene rings is 2. The molecule has 0 unspecified atom stereocenters. The van der Waals surface area contributed by atoms with E-state index in [9.17, 15) is 18.8 Å². The molecule has 30 heavy (non-hydrogen) atoms. The molecule has 0 aliphatic rings. The fourth-order valence-corrected chi connectivity index (χ4v) is 3.24. The van der Waals surface area contributed by atoms with Crippen LogP contribution in [-0.4, -0.2) is 29.4 Å². The standard InChI is InChI=1S/C22H24BrFN2O4/c1-22(2,13-14-3-9-17(24)10-4-14)26-18(11-12-19(25)27)21(29)30-20(28)15-5-7-16(23)8-6-15/h3-10,18,26H,11-13H2,1-2H3,(H2,25,27)/t18-/m0/s1. The molecule has 1 atom stereocenters. The molecule has 0 aromatic heterocycles. The second-order valence-corrected chi connectivity index (χ2v) is 8.52. The first-order chi connectivity index (χ1) is 14.1. The number of nitrogens with two attached hydrogens (primary N) is 1. The van der Waals surface area contributed by atoms with Gasteiger partial charge in [0.1, 0.15) is 11.9 Å². The van der Waals surface area contributed by atoms with E-state index in [0.717, 1.165) is 10.0 Å². The summed E-state index contributed by atoms with van der Waals surface area (Å²) >= 11 is 3.27. The average Bonchev–Trinajstić information content (AvgIpc) is 2.67. The maximum Gasteiger partial charge on any atom is 0.345 e. The first-order valence-corrected chi connectivity index (χ1v) is 10.2. The molecule has 0 radical (unpaired) electrons. The van der Waals surface area contributed by atoms with Gasteiger partial charge in [0.05, 0.1) is 5.56 Å². The molecule has 6 nitrogen and oxygen atoms in total. The van der Waals surface area contributed by atoms with E-state index in [0.29, 0.717) is 6.42 Å². The van der Waals surface area contributed by atoms with E-state index in [-0.39, 0.29) is 24.2 Å². The third-order valence-corrected chi connectivity index (χ3v) is 4.89. The maximum atomic E-state index is 13.1. The first kappa shape index (κ1) is 23.7. The van der Waals surface area contributed by atoms with Gasteiger partial charge in [-0.05, 0) is 68.7 Å². The van der Waals surface area contributed by atoms with Crippen molar-refractivity contribution < 1.29 is 23.5 Å². The fraction of sp³-hybridized carbons (Fsp3) is 0.318. The predicted molar refractivity (Wildman–Crippen MR) is 114 cm³/mol. The van der Waals surface area contributed by atoms with Crippen molar-refractivity contribution in [3.8, 4) is 0 Å². The maximum absolute atomic E-state index is 13.1. The van der Waals surface area contributed by atoms with E-state index < -0.39 is 29.4 Å². The molecule has 8 heteroatoms. The Balaban J connectivity index is 2.09. The van der Waals surface area contributed by atoms with E-state index >= 15 is 0 Å². The zero-order valence-corrected chi connectivity index (χ0v) is 18.4. The molecular formula is C22H24BrFN2O4. The summed E-state index contributed by atoms with van der Waals surface area (Å²) in [6.07, 6.45) is 0.509. The molecule has 3 N–H and O–H groups in total. The molecule has 0 saturated heterocycles. The highest BCUT2D eigenvalue weighted by atomic mass is 79.9. The highest BCUT2D eigenvalue weighted by molar-refractivity contribution is 9.10. The number of ether oxygens (including phenoxy) is 1. The Morgan fingerprint density at radius 1 is 1.10 bits per heavy atom. The fourth-order valence-electron chi connectivity index (χ4n) is 2.98. The molecule has 0 bridgehead atoms. The summed E-state index contributed by atoms with van der Waals surface area (Å²) in [4.78, 5) is 36.2. The molecule has 0 saturated carbocycles. The van der Waals surface area contributed by atoms with Gasteiger partial charge in [-0.3, -0.25) is 10.1 Å². The minimum absolute atomic E-state index is 0.0497. The van der Waals surface area contributed by atoms with Crippen LogP contribution in [0.4, 0.5) is 4.39 Å². The normalized spacial score (nSPS) is 12.3. The Morgan fingerprint density at radius 3 is 2.27 bits per heavy atom. The van der Waals surface area contributed by atoms with Gasteiger partial charge in [-0.25, -0.2) is 14.0 Å². The summed E-state index contributed by atoms with van der Waals surface area (Å²) in [6.45, 7) is 3.72. The zero-order valence-electron chi connectivity index (χ0n) is 16.8.